The monoisotopic (exact) mass is 362 g/mol. The fraction of sp³-hybridized carbons (Fsp3) is 0.737. The van der Waals surface area contributed by atoms with E-state index in [0.717, 1.165) is 32.0 Å². The van der Waals surface area contributed by atoms with E-state index in [4.69, 9.17) is 0 Å². The minimum absolute atomic E-state index is 0.0331. The molecule has 2 heterocycles. The second-order valence-corrected chi connectivity index (χ2v) is 8.13. The summed E-state index contributed by atoms with van der Waals surface area (Å²) < 4.78 is 0. The second kappa shape index (κ2) is 7.78. The van der Waals surface area contributed by atoms with Crippen LogP contribution >= 0.6 is 0 Å². The molecule has 1 aromatic heterocycles. The van der Waals surface area contributed by atoms with Gasteiger partial charge in [0.05, 0.1) is 6.42 Å². The maximum Gasteiger partial charge on any atom is 0.325 e. The SMILES string of the molecule is Cc1[nH]c(=O)[nH]c(=O)c1CC(=O)N1CCCN(CC2CC2)[C@@H](C(C)C)C1. The number of amides is 1. The summed E-state index contributed by atoms with van der Waals surface area (Å²) in [5.74, 6) is 1.27. The van der Waals surface area contributed by atoms with Crippen LogP contribution in [0.25, 0.3) is 0 Å². The number of rotatable bonds is 5. The van der Waals surface area contributed by atoms with Crippen molar-refractivity contribution in [3.05, 3.63) is 32.1 Å². The molecular formula is C19H30N4O3. The number of H-pyrrole nitrogens is 2. The van der Waals surface area contributed by atoms with E-state index in [1.807, 2.05) is 4.90 Å². The third kappa shape index (κ3) is 4.44. The van der Waals surface area contributed by atoms with E-state index in [1.165, 1.54) is 12.8 Å². The van der Waals surface area contributed by atoms with Crippen molar-refractivity contribution in [3.63, 3.8) is 0 Å². The number of hydrogen-bond donors (Lipinski definition) is 2. The third-order valence-corrected chi connectivity index (χ3v) is 5.64. The largest absolute Gasteiger partial charge is 0.341 e. The Balaban J connectivity index is 1.72. The van der Waals surface area contributed by atoms with Crippen LogP contribution in [0, 0.1) is 18.8 Å². The van der Waals surface area contributed by atoms with Crippen LogP contribution in [0.2, 0.25) is 0 Å². The zero-order chi connectivity index (χ0) is 18.8. The highest BCUT2D eigenvalue weighted by Gasteiger charge is 2.33. The van der Waals surface area contributed by atoms with Crippen molar-refractivity contribution in [3.8, 4) is 0 Å². The first-order valence-electron chi connectivity index (χ1n) is 9.69. The molecule has 0 spiro atoms. The lowest BCUT2D eigenvalue weighted by molar-refractivity contribution is -0.131. The quantitative estimate of drug-likeness (QED) is 0.814. The summed E-state index contributed by atoms with van der Waals surface area (Å²) in [5, 5.41) is 0. The Labute approximate surface area is 153 Å². The van der Waals surface area contributed by atoms with Gasteiger partial charge in [0, 0.05) is 43.5 Å². The van der Waals surface area contributed by atoms with E-state index >= 15 is 0 Å². The molecular weight excluding hydrogens is 332 g/mol. The molecule has 1 aliphatic heterocycles. The number of aryl methyl sites for hydroxylation is 1. The number of aromatic amines is 2. The number of hydrogen-bond acceptors (Lipinski definition) is 4. The number of nitrogens with zero attached hydrogens (tertiary/aromatic N) is 2. The molecule has 144 valence electrons. The van der Waals surface area contributed by atoms with E-state index in [1.54, 1.807) is 6.92 Å². The first-order valence-corrected chi connectivity index (χ1v) is 9.69. The first kappa shape index (κ1) is 18.9. The second-order valence-electron chi connectivity index (χ2n) is 8.13. The molecule has 1 saturated heterocycles. The van der Waals surface area contributed by atoms with Gasteiger partial charge in [-0.1, -0.05) is 13.8 Å². The predicted molar refractivity (Wildman–Crippen MR) is 100 cm³/mol. The van der Waals surface area contributed by atoms with Crippen LogP contribution in [-0.2, 0) is 11.2 Å². The molecule has 2 aliphatic rings. The Morgan fingerprint density at radius 3 is 2.54 bits per heavy atom. The van der Waals surface area contributed by atoms with Gasteiger partial charge in [0.15, 0.2) is 0 Å². The molecule has 0 aromatic carbocycles. The van der Waals surface area contributed by atoms with Gasteiger partial charge in [-0.25, -0.2) is 4.79 Å². The normalized spacial score (nSPS) is 21.8. The number of carbonyl (C=O) groups is 1. The minimum Gasteiger partial charge on any atom is -0.341 e. The van der Waals surface area contributed by atoms with Crippen LogP contribution in [0.1, 0.15) is 44.4 Å². The molecule has 2 N–H and O–H groups in total. The highest BCUT2D eigenvalue weighted by atomic mass is 16.2. The maximum atomic E-state index is 12.9. The van der Waals surface area contributed by atoms with E-state index in [2.05, 4.69) is 28.7 Å². The predicted octanol–water partition coefficient (Wildman–Crippen LogP) is 0.883. The van der Waals surface area contributed by atoms with Crippen molar-refractivity contribution < 1.29 is 4.79 Å². The highest BCUT2D eigenvalue weighted by Crippen LogP contribution is 2.31. The van der Waals surface area contributed by atoms with Gasteiger partial charge >= 0.3 is 5.69 Å². The van der Waals surface area contributed by atoms with Gasteiger partial charge in [-0.3, -0.25) is 19.5 Å². The summed E-state index contributed by atoms with van der Waals surface area (Å²) in [7, 11) is 0. The van der Waals surface area contributed by atoms with Crippen molar-refractivity contribution in [2.24, 2.45) is 11.8 Å². The molecule has 2 fully saturated rings. The van der Waals surface area contributed by atoms with E-state index < -0.39 is 11.2 Å². The van der Waals surface area contributed by atoms with Gasteiger partial charge in [-0.2, -0.15) is 0 Å². The maximum absolute atomic E-state index is 12.9. The Bertz CT molecular complexity index is 763. The summed E-state index contributed by atoms with van der Waals surface area (Å²) in [5.41, 5.74) is -0.174. The molecule has 7 heteroatoms. The molecule has 3 rings (SSSR count). The smallest absolute Gasteiger partial charge is 0.325 e. The fourth-order valence-corrected chi connectivity index (χ4v) is 3.88. The Morgan fingerprint density at radius 2 is 1.92 bits per heavy atom. The summed E-state index contributed by atoms with van der Waals surface area (Å²) in [6.45, 7) is 9.71. The number of carbonyl (C=O) groups excluding carboxylic acids is 1. The summed E-state index contributed by atoms with van der Waals surface area (Å²) in [4.78, 5) is 45.5. The van der Waals surface area contributed by atoms with Crippen LogP contribution in [0.4, 0.5) is 0 Å². The summed E-state index contributed by atoms with van der Waals surface area (Å²) in [6, 6.07) is 0.358. The van der Waals surface area contributed by atoms with Gasteiger partial charge in [-0.05, 0) is 38.0 Å². The van der Waals surface area contributed by atoms with Gasteiger partial charge in [0.25, 0.3) is 5.56 Å². The van der Waals surface area contributed by atoms with Crippen molar-refractivity contribution in [1.82, 2.24) is 19.8 Å². The average Bonchev–Trinajstić information content (AvgIpc) is 3.38. The zero-order valence-corrected chi connectivity index (χ0v) is 16.0. The molecule has 0 unspecified atom stereocenters. The molecule has 0 bridgehead atoms. The Hall–Kier alpha value is -1.89. The fourth-order valence-electron chi connectivity index (χ4n) is 3.88. The molecule has 7 nitrogen and oxygen atoms in total. The van der Waals surface area contributed by atoms with E-state index in [9.17, 15) is 14.4 Å². The van der Waals surface area contributed by atoms with Crippen molar-refractivity contribution >= 4 is 5.91 Å². The molecule has 1 amide bonds. The lowest BCUT2D eigenvalue weighted by Gasteiger charge is -2.34. The number of aromatic nitrogens is 2. The molecule has 26 heavy (non-hydrogen) atoms. The van der Waals surface area contributed by atoms with Crippen molar-refractivity contribution in [2.75, 3.05) is 26.2 Å². The standard InChI is InChI=1S/C19H30N4O3/c1-12(2)16-11-23(8-4-7-22(16)10-14-5-6-14)17(24)9-15-13(3)20-19(26)21-18(15)25/h12,14,16H,4-11H2,1-3H3,(H2,20,21,25,26)/t16-/m1/s1. The molecule has 1 saturated carbocycles. The van der Waals surface area contributed by atoms with Crippen LogP contribution in [0.3, 0.4) is 0 Å². The lowest BCUT2D eigenvalue weighted by Crippen LogP contribution is -2.47. The summed E-state index contributed by atoms with van der Waals surface area (Å²) >= 11 is 0. The third-order valence-electron chi connectivity index (χ3n) is 5.64. The van der Waals surface area contributed by atoms with Crippen LogP contribution in [0.5, 0.6) is 0 Å². The van der Waals surface area contributed by atoms with Crippen molar-refractivity contribution in [2.45, 2.75) is 52.5 Å². The Morgan fingerprint density at radius 1 is 1.19 bits per heavy atom. The summed E-state index contributed by atoms with van der Waals surface area (Å²) in [6.07, 6.45) is 3.66. The zero-order valence-electron chi connectivity index (χ0n) is 16.0. The molecule has 1 aliphatic carbocycles. The van der Waals surface area contributed by atoms with Crippen LogP contribution in [0.15, 0.2) is 9.59 Å². The van der Waals surface area contributed by atoms with Gasteiger partial charge < -0.3 is 9.88 Å². The Kier molecular flexibility index (Phi) is 5.65. The number of nitrogens with one attached hydrogen (secondary N) is 2. The van der Waals surface area contributed by atoms with Crippen LogP contribution in [-0.4, -0.2) is 57.9 Å². The van der Waals surface area contributed by atoms with E-state index in [0.29, 0.717) is 29.8 Å². The van der Waals surface area contributed by atoms with Crippen LogP contribution < -0.4 is 11.2 Å². The lowest BCUT2D eigenvalue weighted by atomic mass is 10.0. The molecule has 0 radical (unpaired) electrons. The highest BCUT2D eigenvalue weighted by molar-refractivity contribution is 5.79. The minimum atomic E-state index is -0.533. The topological polar surface area (TPSA) is 89.3 Å². The van der Waals surface area contributed by atoms with Crippen molar-refractivity contribution in [1.29, 1.82) is 0 Å². The van der Waals surface area contributed by atoms with Gasteiger partial charge in [0.1, 0.15) is 0 Å². The molecule has 1 aromatic rings. The van der Waals surface area contributed by atoms with Gasteiger partial charge in [-0.15, -0.1) is 0 Å². The first-order chi connectivity index (χ1) is 12.3. The molecule has 1 atom stereocenters. The van der Waals surface area contributed by atoms with E-state index in [-0.39, 0.29) is 12.3 Å². The van der Waals surface area contributed by atoms with Gasteiger partial charge in [0.2, 0.25) is 5.91 Å². The average molecular weight is 362 g/mol.